The molecule has 1 saturated carbocycles. The van der Waals surface area contributed by atoms with Crippen molar-refractivity contribution in [3.8, 4) is 5.88 Å². The average Bonchev–Trinajstić information content (AvgIpc) is 2.98. The van der Waals surface area contributed by atoms with Gasteiger partial charge < -0.3 is 14.8 Å². The van der Waals surface area contributed by atoms with Gasteiger partial charge in [0.25, 0.3) is 0 Å². The van der Waals surface area contributed by atoms with Crippen molar-refractivity contribution < 1.29 is 14.3 Å². The van der Waals surface area contributed by atoms with E-state index in [9.17, 15) is 4.79 Å². The number of hydrogen-bond acceptors (Lipinski definition) is 4. The molecule has 1 N–H and O–H groups in total. The minimum absolute atomic E-state index is 0.0262. The van der Waals surface area contributed by atoms with Gasteiger partial charge in [-0.05, 0) is 24.8 Å². The largest absolute Gasteiger partial charge is 0.472 e. The third kappa shape index (κ3) is 3.53. The van der Waals surface area contributed by atoms with E-state index in [1.54, 1.807) is 6.20 Å². The fraction of sp³-hybridized carbons (Fsp3) is 0.625. The Morgan fingerprint density at radius 1 is 1.52 bits per heavy atom. The molecule has 114 valence electrons. The molecular weight excluding hydrogens is 268 g/mol. The Hall–Kier alpha value is -1.62. The maximum absolute atomic E-state index is 11.9. The molecule has 1 aliphatic heterocycles. The first kappa shape index (κ1) is 14.3. The van der Waals surface area contributed by atoms with Crippen molar-refractivity contribution in [2.24, 2.45) is 11.8 Å². The highest BCUT2D eigenvalue weighted by molar-refractivity contribution is 5.81. The molecular formula is C16H22N2O3. The van der Waals surface area contributed by atoms with Crippen LogP contribution in [0, 0.1) is 11.8 Å². The second-order valence-electron chi connectivity index (χ2n) is 6.08. The fourth-order valence-electron chi connectivity index (χ4n) is 2.59. The Morgan fingerprint density at radius 2 is 2.33 bits per heavy atom. The maximum atomic E-state index is 11.9. The SMILES string of the molecule is C[C@H](NC(=O)[C@H]1C[C@@H]1C)c1ccc(O[C@@H]2CCOC2)nc1. The number of ether oxygens (including phenoxy) is 2. The second kappa shape index (κ2) is 6.02. The third-order valence-corrected chi connectivity index (χ3v) is 4.24. The second-order valence-corrected chi connectivity index (χ2v) is 6.08. The van der Waals surface area contributed by atoms with Crippen LogP contribution >= 0.6 is 0 Å². The van der Waals surface area contributed by atoms with Gasteiger partial charge in [0.1, 0.15) is 6.10 Å². The van der Waals surface area contributed by atoms with Gasteiger partial charge in [0.2, 0.25) is 11.8 Å². The van der Waals surface area contributed by atoms with Gasteiger partial charge in [0.05, 0.1) is 19.3 Å². The van der Waals surface area contributed by atoms with Crippen molar-refractivity contribution in [2.45, 2.75) is 38.8 Å². The molecule has 5 heteroatoms. The van der Waals surface area contributed by atoms with E-state index in [1.165, 1.54) is 0 Å². The highest BCUT2D eigenvalue weighted by Gasteiger charge is 2.39. The van der Waals surface area contributed by atoms with Crippen molar-refractivity contribution in [3.05, 3.63) is 23.9 Å². The third-order valence-electron chi connectivity index (χ3n) is 4.24. The van der Waals surface area contributed by atoms with Crippen LogP contribution in [0.3, 0.4) is 0 Å². The normalized spacial score (nSPS) is 29.0. The summed E-state index contributed by atoms with van der Waals surface area (Å²) in [5.41, 5.74) is 0.992. The molecule has 0 bridgehead atoms. The summed E-state index contributed by atoms with van der Waals surface area (Å²) in [6.07, 6.45) is 3.80. The summed E-state index contributed by atoms with van der Waals surface area (Å²) >= 11 is 0. The number of amides is 1. The summed E-state index contributed by atoms with van der Waals surface area (Å²) in [5, 5.41) is 3.04. The standard InChI is InChI=1S/C16H22N2O3/c1-10-7-14(10)16(19)18-11(2)12-3-4-15(17-8-12)21-13-5-6-20-9-13/h3-4,8,10-11,13-14H,5-7,9H2,1-2H3,(H,18,19)/t10-,11-,13+,14-/m0/s1. The fourth-order valence-corrected chi connectivity index (χ4v) is 2.59. The molecule has 1 aliphatic carbocycles. The van der Waals surface area contributed by atoms with Gasteiger partial charge in [0.15, 0.2) is 0 Å². The van der Waals surface area contributed by atoms with E-state index in [0.717, 1.165) is 25.0 Å². The summed E-state index contributed by atoms with van der Waals surface area (Å²) < 4.78 is 11.0. The Balaban J connectivity index is 1.54. The molecule has 2 heterocycles. The van der Waals surface area contributed by atoms with Crippen LogP contribution in [0.1, 0.15) is 38.3 Å². The van der Waals surface area contributed by atoms with E-state index < -0.39 is 0 Å². The molecule has 1 saturated heterocycles. The lowest BCUT2D eigenvalue weighted by atomic mass is 10.1. The number of carbonyl (C=O) groups excluding carboxylic acids is 1. The molecule has 1 aromatic heterocycles. The highest BCUT2D eigenvalue weighted by atomic mass is 16.5. The monoisotopic (exact) mass is 290 g/mol. The average molecular weight is 290 g/mol. The van der Waals surface area contributed by atoms with Crippen molar-refractivity contribution in [1.82, 2.24) is 10.3 Å². The van der Waals surface area contributed by atoms with Gasteiger partial charge in [-0.2, -0.15) is 0 Å². The van der Waals surface area contributed by atoms with Crippen molar-refractivity contribution in [3.63, 3.8) is 0 Å². The van der Waals surface area contributed by atoms with E-state index in [2.05, 4.69) is 17.2 Å². The Labute approximate surface area is 125 Å². The minimum Gasteiger partial charge on any atom is -0.472 e. The van der Waals surface area contributed by atoms with E-state index in [-0.39, 0.29) is 24.0 Å². The van der Waals surface area contributed by atoms with Gasteiger partial charge in [-0.25, -0.2) is 4.98 Å². The topological polar surface area (TPSA) is 60.5 Å². The van der Waals surface area contributed by atoms with Crippen molar-refractivity contribution in [2.75, 3.05) is 13.2 Å². The van der Waals surface area contributed by atoms with Crippen LogP contribution in [0.15, 0.2) is 18.3 Å². The zero-order valence-corrected chi connectivity index (χ0v) is 12.5. The molecule has 1 amide bonds. The molecule has 0 spiro atoms. The Bertz CT molecular complexity index is 497. The zero-order chi connectivity index (χ0) is 14.8. The van der Waals surface area contributed by atoms with E-state index in [0.29, 0.717) is 18.4 Å². The minimum atomic E-state index is -0.0262. The first-order valence-corrected chi connectivity index (χ1v) is 7.64. The van der Waals surface area contributed by atoms with Crippen LogP contribution < -0.4 is 10.1 Å². The maximum Gasteiger partial charge on any atom is 0.223 e. The first-order chi connectivity index (χ1) is 10.1. The summed E-state index contributed by atoms with van der Waals surface area (Å²) in [6, 6.07) is 3.79. The molecule has 4 atom stereocenters. The molecule has 0 radical (unpaired) electrons. The molecule has 5 nitrogen and oxygen atoms in total. The van der Waals surface area contributed by atoms with Crippen molar-refractivity contribution >= 4 is 5.91 Å². The Morgan fingerprint density at radius 3 is 2.90 bits per heavy atom. The van der Waals surface area contributed by atoms with E-state index >= 15 is 0 Å². The Kier molecular flexibility index (Phi) is 4.10. The number of nitrogens with one attached hydrogen (secondary N) is 1. The lowest BCUT2D eigenvalue weighted by Crippen LogP contribution is -2.28. The summed E-state index contributed by atoms with van der Waals surface area (Å²) in [6.45, 7) is 5.48. The van der Waals surface area contributed by atoms with Crippen LogP contribution in [-0.2, 0) is 9.53 Å². The van der Waals surface area contributed by atoms with Gasteiger partial charge >= 0.3 is 0 Å². The van der Waals surface area contributed by atoms with Crippen molar-refractivity contribution in [1.29, 1.82) is 0 Å². The summed E-state index contributed by atoms with van der Waals surface area (Å²) in [5.74, 6) is 1.49. The number of hydrogen-bond donors (Lipinski definition) is 1. The molecule has 0 unspecified atom stereocenters. The predicted molar refractivity (Wildman–Crippen MR) is 77.9 cm³/mol. The molecule has 3 rings (SSSR count). The number of carbonyl (C=O) groups is 1. The molecule has 2 aliphatic rings. The van der Waals surface area contributed by atoms with Crippen LogP contribution in [0.25, 0.3) is 0 Å². The van der Waals surface area contributed by atoms with Gasteiger partial charge in [-0.15, -0.1) is 0 Å². The van der Waals surface area contributed by atoms with E-state index in [4.69, 9.17) is 9.47 Å². The van der Waals surface area contributed by atoms with Gasteiger partial charge in [-0.3, -0.25) is 4.79 Å². The van der Waals surface area contributed by atoms with Crippen LogP contribution in [0.4, 0.5) is 0 Å². The van der Waals surface area contributed by atoms with E-state index in [1.807, 2.05) is 19.1 Å². The highest BCUT2D eigenvalue weighted by Crippen LogP contribution is 2.38. The quantitative estimate of drug-likeness (QED) is 0.902. The molecule has 2 fully saturated rings. The van der Waals surface area contributed by atoms with Crippen LogP contribution in [0.5, 0.6) is 5.88 Å². The first-order valence-electron chi connectivity index (χ1n) is 7.64. The number of nitrogens with zero attached hydrogens (tertiary/aromatic N) is 1. The van der Waals surface area contributed by atoms with Crippen LogP contribution in [0.2, 0.25) is 0 Å². The van der Waals surface area contributed by atoms with Gasteiger partial charge in [-0.1, -0.05) is 13.0 Å². The lowest BCUT2D eigenvalue weighted by molar-refractivity contribution is -0.123. The molecule has 21 heavy (non-hydrogen) atoms. The molecule has 1 aromatic rings. The number of aromatic nitrogens is 1. The smallest absolute Gasteiger partial charge is 0.223 e. The van der Waals surface area contributed by atoms with Gasteiger partial charge in [0, 0.05) is 24.6 Å². The predicted octanol–water partition coefficient (Wildman–Crippen LogP) is 2.08. The lowest BCUT2D eigenvalue weighted by Gasteiger charge is -2.15. The number of pyridine rings is 1. The zero-order valence-electron chi connectivity index (χ0n) is 12.5. The number of rotatable bonds is 5. The molecule has 0 aromatic carbocycles. The summed E-state index contributed by atoms with van der Waals surface area (Å²) in [7, 11) is 0. The van der Waals surface area contributed by atoms with Crippen LogP contribution in [-0.4, -0.2) is 30.2 Å². The summed E-state index contributed by atoms with van der Waals surface area (Å²) in [4.78, 5) is 16.2.